The van der Waals surface area contributed by atoms with Gasteiger partial charge in [0.1, 0.15) is 6.33 Å². The highest BCUT2D eigenvalue weighted by molar-refractivity contribution is 5.92. The van der Waals surface area contributed by atoms with E-state index < -0.39 is 0 Å². The summed E-state index contributed by atoms with van der Waals surface area (Å²) >= 11 is 0. The molecule has 1 fully saturated rings. The number of anilines is 1. The van der Waals surface area contributed by atoms with Gasteiger partial charge in [-0.2, -0.15) is 0 Å². The van der Waals surface area contributed by atoms with E-state index in [1.54, 1.807) is 6.33 Å². The maximum atomic E-state index is 12.3. The van der Waals surface area contributed by atoms with Crippen molar-refractivity contribution in [1.82, 2.24) is 19.4 Å². The Morgan fingerprint density at radius 2 is 1.89 bits per heavy atom. The van der Waals surface area contributed by atoms with Gasteiger partial charge in [-0.25, -0.2) is 9.78 Å². The maximum absolute atomic E-state index is 12.3. The summed E-state index contributed by atoms with van der Waals surface area (Å²) in [5.41, 5.74) is 8.73. The number of rotatable bonds is 6. The molecule has 0 unspecified atom stereocenters. The Balaban J connectivity index is 1.15. The van der Waals surface area contributed by atoms with E-state index in [0.717, 1.165) is 68.0 Å². The van der Waals surface area contributed by atoms with Gasteiger partial charge in [0, 0.05) is 49.0 Å². The van der Waals surface area contributed by atoms with E-state index in [9.17, 15) is 4.79 Å². The highest BCUT2D eigenvalue weighted by Gasteiger charge is 2.27. The van der Waals surface area contributed by atoms with Crippen LogP contribution in [0.5, 0.6) is 0 Å². The number of benzene rings is 2. The molecule has 38 heavy (non-hydrogen) atoms. The topological polar surface area (TPSA) is 63.5 Å². The van der Waals surface area contributed by atoms with Crippen molar-refractivity contribution in [1.29, 1.82) is 0 Å². The van der Waals surface area contributed by atoms with Crippen molar-refractivity contribution in [2.24, 2.45) is 0 Å². The number of aryl methyl sites for hydroxylation is 1. The second-order valence-corrected chi connectivity index (χ2v) is 10.4. The van der Waals surface area contributed by atoms with Crippen LogP contribution in [-0.2, 0) is 24.0 Å². The molecule has 2 aromatic carbocycles. The average Bonchev–Trinajstić information content (AvgIpc) is 3.37. The van der Waals surface area contributed by atoms with Crippen LogP contribution in [0, 0.1) is 6.92 Å². The fourth-order valence-corrected chi connectivity index (χ4v) is 6.13. The molecule has 196 valence electrons. The zero-order valence-corrected chi connectivity index (χ0v) is 22.5. The summed E-state index contributed by atoms with van der Waals surface area (Å²) in [7, 11) is 0. The van der Waals surface area contributed by atoms with Crippen LogP contribution in [0.15, 0.2) is 54.9 Å². The summed E-state index contributed by atoms with van der Waals surface area (Å²) in [5.74, 6) is -0.330. The average molecular weight is 510 g/mol. The summed E-state index contributed by atoms with van der Waals surface area (Å²) in [6.07, 6.45) is 4.50. The molecule has 0 aliphatic carbocycles. The van der Waals surface area contributed by atoms with Gasteiger partial charge in [-0.3, -0.25) is 9.88 Å². The Kier molecular flexibility index (Phi) is 6.62. The fourth-order valence-electron chi connectivity index (χ4n) is 6.13. The third-order valence-corrected chi connectivity index (χ3v) is 8.08. The molecule has 1 atom stereocenters. The quantitative estimate of drug-likeness (QED) is 0.350. The van der Waals surface area contributed by atoms with Crippen molar-refractivity contribution in [3.63, 3.8) is 0 Å². The van der Waals surface area contributed by atoms with E-state index in [1.165, 1.54) is 22.2 Å². The van der Waals surface area contributed by atoms with E-state index in [1.807, 2.05) is 13.8 Å². The molecule has 4 heterocycles. The molecule has 0 N–H and O–H groups in total. The summed E-state index contributed by atoms with van der Waals surface area (Å²) < 4.78 is 7.29. The van der Waals surface area contributed by atoms with Crippen LogP contribution in [0.2, 0.25) is 0 Å². The predicted octanol–water partition coefficient (Wildman–Crippen LogP) is 4.76. The van der Waals surface area contributed by atoms with Crippen LogP contribution in [0.4, 0.5) is 5.69 Å². The molecule has 7 nitrogen and oxygen atoms in total. The molecule has 7 heteroatoms. The molecule has 0 radical (unpaired) electrons. The SMILES string of the molecule is CCOC(=O)c1ncn2c1CCc1c(CCN3CCN(c4cccc5nc(C)ccc45)C[C@H]3C)cccc1-2. The second kappa shape index (κ2) is 10.2. The number of ether oxygens (including phenoxy) is 1. The molecule has 6 rings (SSSR count). The molecule has 0 spiro atoms. The summed E-state index contributed by atoms with van der Waals surface area (Å²) in [4.78, 5) is 26.6. The van der Waals surface area contributed by atoms with E-state index in [0.29, 0.717) is 18.3 Å². The van der Waals surface area contributed by atoms with Crippen molar-refractivity contribution in [3.05, 3.63) is 83.1 Å². The second-order valence-electron chi connectivity index (χ2n) is 10.4. The van der Waals surface area contributed by atoms with Gasteiger partial charge in [0.05, 0.1) is 23.5 Å². The van der Waals surface area contributed by atoms with Crippen LogP contribution in [0.1, 0.15) is 46.9 Å². The Morgan fingerprint density at radius 1 is 1.05 bits per heavy atom. The van der Waals surface area contributed by atoms with Gasteiger partial charge in [0.15, 0.2) is 5.69 Å². The fraction of sp³-hybridized carbons (Fsp3) is 0.387. The summed E-state index contributed by atoms with van der Waals surface area (Å²) in [5, 5.41) is 1.24. The largest absolute Gasteiger partial charge is 0.461 e. The predicted molar refractivity (Wildman–Crippen MR) is 150 cm³/mol. The van der Waals surface area contributed by atoms with Crippen molar-refractivity contribution in [3.8, 4) is 5.69 Å². The Labute approximate surface area is 224 Å². The molecule has 1 saturated heterocycles. The number of pyridine rings is 1. The van der Waals surface area contributed by atoms with Gasteiger partial charge in [0.2, 0.25) is 0 Å². The highest BCUT2D eigenvalue weighted by atomic mass is 16.5. The highest BCUT2D eigenvalue weighted by Crippen LogP contribution is 2.31. The molecule has 2 aromatic heterocycles. The molecule has 4 aromatic rings. The molecular weight excluding hydrogens is 474 g/mol. The number of hydrogen-bond acceptors (Lipinski definition) is 6. The maximum Gasteiger partial charge on any atom is 0.358 e. The van der Waals surface area contributed by atoms with Crippen molar-refractivity contribution in [2.45, 2.75) is 46.1 Å². The third-order valence-electron chi connectivity index (χ3n) is 8.08. The number of esters is 1. The van der Waals surface area contributed by atoms with Crippen LogP contribution in [0.25, 0.3) is 16.6 Å². The van der Waals surface area contributed by atoms with Gasteiger partial charge >= 0.3 is 5.97 Å². The lowest BCUT2D eigenvalue weighted by Crippen LogP contribution is -2.52. The zero-order valence-electron chi connectivity index (χ0n) is 22.5. The lowest BCUT2D eigenvalue weighted by atomic mass is 9.94. The van der Waals surface area contributed by atoms with Gasteiger partial charge in [0.25, 0.3) is 0 Å². The van der Waals surface area contributed by atoms with E-state index in [4.69, 9.17) is 9.72 Å². The van der Waals surface area contributed by atoms with Crippen molar-refractivity contribution in [2.75, 3.05) is 37.7 Å². The van der Waals surface area contributed by atoms with Gasteiger partial charge in [-0.15, -0.1) is 0 Å². The molecule has 2 aliphatic rings. The number of nitrogens with zero attached hydrogens (tertiary/aromatic N) is 5. The molecule has 0 amide bonds. The Morgan fingerprint density at radius 3 is 2.74 bits per heavy atom. The number of hydrogen-bond donors (Lipinski definition) is 0. The first-order valence-electron chi connectivity index (χ1n) is 13.7. The minimum absolute atomic E-state index is 0.330. The number of carbonyl (C=O) groups excluding carboxylic acids is 1. The van der Waals surface area contributed by atoms with Crippen molar-refractivity contribution < 1.29 is 9.53 Å². The first-order chi connectivity index (χ1) is 18.5. The minimum atomic E-state index is -0.330. The first kappa shape index (κ1) is 24.6. The van der Waals surface area contributed by atoms with E-state index >= 15 is 0 Å². The third kappa shape index (κ3) is 4.45. The molecule has 0 bridgehead atoms. The smallest absolute Gasteiger partial charge is 0.358 e. The zero-order chi connectivity index (χ0) is 26.2. The number of fused-ring (bicyclic) bond motifs is 4. The van der Waals surface area contributed by atoms with Gasteiger partial charge in [-0.05, 0) is 81.5 Å². The Hall–Kier alpha value is -3.71. The van der Waals surface area contributed by atoms with Crippen LogP contribution in [0.3, 0.4) is 0 Å². The standard InChI is InChI=1S/C31H35N5O2/c1-4-38-31(37)30-29-14-13-24-23(7-5-10-28(24)36(29)20-32-30)15-16-34-17-18-35(19-22(34)3)27-9-6-8-26-25(27)12-11-21(2)33-26/h5-12,20,22H,4,13-19H2,1-3H3/t22-/m1/s1. The van der Waals surface area contributed by atoms with E-state index in [-0.39, 0.29) is 5.97 Å². The number of carbonyl (C=O) groups is 1. The summed E-state index contributed by atoms with van der Waals surface area (Å²) in [6, 6.07) is 17.8. The van der Waals surface area contributed by atoms with Gasteiger partial charge in [-0.1, -0.05) is 18.2 Å². The normalized spacial score (nSPS) is 17.3. The van der Waals surface area contributed by atoms with Crippen molar-refractivity contribution >= 4 is 22.6 Å². The van der Waals surface area contributed by atoms with E-state index in [2.05, 4.69) is 74.8 Å². The molecule has 2 aliphatic heterocycles. The first-order valence-corrected chi connectivity index (χ1v) is 13.7. The minimum Gasteiger partial charge on any atom is -0.461 e. The molecular formula is C31H35N5O2. The summed E-state index contributed by atoms with van der Waals surface area (Å²) in [6.45, 7) is 10.7. The lowest BCUT2D eigenvalue weighted by molar-refractivity contribution is 0.0518. The number of piperazine rings is 1. The lowest BCUT2D eigenvalue weighted by Gasteiger charge is -2.41. The number of aromatic nitrogens is 3. The van der Waals surface area contributed by atoms with Gasteiger partial charge < -0.3 is 14.2 Å². The Bertz CT molecular complexity index is 1490. The van der Waals surface area contributed by atoms with Crippen LogP contribution < -0.4 is 4.90 Å². The van der Waals surface area contributed by atoms with Crippen LogP contribution >= 0.6 is 0 Å². The van der Waals surface area contributed by atoms with Crippen LogP contribution in [-0.4, -0.2) is 64.2 Å². The monoisotopic (exact) mass is 509 g/mol. The number of imidazole rings is 1. The molecule has 0 saturated carbocycles.